The molecule has 12 heavy (non-hydrogen) atoms. The van der Waals surface area contributed by atoms with Gasteiger partial charge in [0.05, 0.1) is 0 Å². The van der Waals surface area contributed by atoms with Crippen LogP contribution in [0.2, 0.25) is 6.82 Å². The van der Waals surface area contributed by atoms with Gasteiger partial charge in [-0.15, -0.1) is 0 Å². The molecule has 0 fully saturated rings. The van der Waals surface area contributed by atoms with E-state index >= 15 is 0 Å². The Kier molecular flexibility index (Phi) is 9.06. The number of hydrogen-bond donors (Lipinski definition) is 0. The van der Waals surface area contributed by atoms with Crippen LogP contribution in [0.25, 0.3) is 0 Å². The van der Waals surface area contributed by atoms with Gasteiger partial charge < -0.3 is 9.31 Å². The summed E-state index contributed by atoms with van der Waals surface area (Å²) < 4.78 is 10.8. The fourth-order valence-electron chi connectivity index (χ4n) is 0.835. The molecule has 0 aromatic rings. The molecule has 0 heterocycles. The molecule has 3 heteroatoms. The van der Waals surface area contributed by atoms with Gasteiger partial charge in [0, 0.05) is 13.2 Å². The van der Waals surface area contributed by atoms with E-state index in [2.05, 4.69) is 13.8 Å². The van der Waals surface area contributed by atoms with Gasteiger partial charge in [0.25, 0.3) is 0 Å². The van der Waals surface area contributed by atoms with Crippen LogP contribution in [0.5, 0.6) is 0 Å². The molecule has 0 aromatic carbocycles. The van der Waals surface area contributed by atoms with E-state index in [4.69, 9.17) is 9.31 Å². The highest BCUT2D eigenvalue weighted by Crippen LogP contribution is 1.95. The van der Waals surface area contributed by atoms with Crippen molar-refractivity contribution in [2.45, 2.75) is 46.4 Å². The van der Waals surface area contributed by atoms with Gasteiger partial charge >= 0.3 is 7.12 Å². The largest absolute Gasteiger partial charge is 0.453 e. The first kappa shape index (κ1) is 12.0. The van der Waals surface area contributed by atoms with Crippen LogP contribution < -0.4 is 0 Å². The van der Waals surface area contributed by atoms with E-state index in [0.717, 1.165) is 26.1 Å². The molecule has 0 aliphatic carbocycles. The smallest absolute Gasteiger partial charge is 0.411 e. The lowest BCUT2D eigenvalue weighted by atomic mass is 9.95. The fraction of sp³-hybridized carbons (Fsp3) is 1.00. The molecule has 72 valence electrons. The van der Waals surface area contributed by atoms with E-state index in [1.807, 2.05) is 6.82 Å². The second-order valence-electron chi connectivity index (χ2n) is 3.02. The van der Waals surface area contributed by atoms with E-state index in [-0.39, 0.29) is 7.12 Å². The highest BCUT2D eigenvalue weighted by molar-refractivity contribution is 6.42. The zero-order valence-electron chi connectivity index (χ0n) is 8.64. The molecule has 0 amide bonds. The Balaban J connectivity index is 3.04. The Bertz CT molecular complexity index is 78.6. The van der Waals surface area contributed by atoms with Gasteiger partial charge in [0.1, 0.15) is 0 Å². The molecule has 0 unspecified atom stereocenters. The van der Waals surface area contributed by atoms with Crippen LogP contribution >= 0.6 is 0 Å². The number of hydrogen-bond acceptors (Lipinski definition) is 2. The van der Waals surface area contributed by atoms with Crippen molar-refractivity contribution in [1.82, 2.24) is 0 Å². The quantitative estimate of drug-likeness (QED) is 0.414. The lowest BCUT2D eigenvalue weighted by Crippen LogP contribution is -2.19. The van der Waals surface area contributed by atoms with Gasteiger partial charge in [-0.05, 0) is 19.7 Å². The maximum atomic E-state index is 5.41. The first-order chi connectivity index (χ1) is 5.81. The molecule has 0 atom stereocenters. The average molecular weight is 172 g/mol. The summed E-state index contributed by atoms with van der Waals surface area (Å²) in [5.41, 5.74) is 0. The maximum Gasteiger partial charge on any atom is 0.453 e. The lowest BCUT2D eigenvalue weighted by molar-refractivity contribution is 0.197. The molecule has 0 spiro atoms. The van der Waals surface area contributed by atoms with Gasteiger partial charge in [-0.1, -0.05) is 26.7 Å². The Morgan fingerprint density at radius 1 is 0.917 bits per heavy atom. The van der Waals surface area contributed by atoms with Crippen LogP contribution in [0.1, 0.15) is 39.5 Å². The summed E-state index contributed by atoms with van der Waals surface area (Å²) in [6.07, 6.45) is 4.62. The second kappa shape index (κ2) is 9.08. The normalized spacial score (nSPS) is 10.2. The maximum absolute atomic E-state index is 5.41. The first-order valence-electron chi connectivity index (χ1n) is 5.04. The summed E-state index contributed by atoms with van der Waals surface area (Å²) in [6.45, 7) is 7.93. The summed E-state index contributed by atoms with van der Waals surface area (Å²) in [5.74, 6) is 0. The number of unbranched alkanes of at least 4 members (excludes halogenated alkanes) is 2. The molecule has 0 N–H and O–H groups in total. The topological polar surface area (TPSA) is 18.5 Å². The zero-order valence-corrected chi connectivity index (χ0v) is 8.64. The predicted molar refractivity (Wildman–Crippen MR) is 53.3 cm³/mol. The Hall–Kier alpha value is -0.0151. The molecule has 2 nitrogen and oxygen atoms in total. The van der Waals surface area contributed by atoms with Crippen LogP contribution in [-0.2, 0) is 9.31 Å². The molecule has 0 aromatic heterocycles. The van der Waals surface area contributed by atoms with E-state index in [0.29, 0.717) is 0 Å². The van der Waals surface area contributed by atoms with Crippen LogP contribution in [0.3, 0.4) is 0 Å². The predicted octanol–water partition coefficient (Wildman–Crippen LogP) is 2.74. The summed E-state index contributed by atoms with van der Waals surface area (Å²) in [7, 11) is -0.0249. The van der Waals surface area contributed by atoms with Crippen molar-refractivity contribution in [3.63, 3.8) is 0 Å². The molecular formula is C9H21BO2. The minimum absolute atomic E-state index is 0.0249. The third-order valence-electron chi connectivity index (χ3n) is 1.70. The van der Waals surface area contributed by atoms with Crippen LogP contribution in [0.4, 0.5) is 0 Å². The van der Waals surface area contributed by atoms with Crippen molar-refractivity contribution in [1.29, 1.82) is 0 Å². The van der Waals surface area contributed by atoms with Crippen LogP contribution in [0.15, 0.2) is 0 Å². The monoisotopic (exact) mass is 172 g/mol. The van der Waals surface area contributed by atoms with Gasteiger partial charge in [0.2, 0.25) is 0 Å². The zero-order chi connectivity index (χ0) is 9.23. The molecule has 0 aliphatic rings. The van der Waals surface area contributed by atoms with Crippen molar-refractivity contribution in [3.05, 3.63) is 0 Å². The van der Waals surface area contributed by atoms with Crippen molar-refractivity contribution < 1.29 is 9.31 Å². The summed E-state index contributed by atoms with van der Waals surface area (Å²) in [4.78, 5) is 0. The minimum atomic E-state index is -0.0249. The highest BCUT2D eigenvalue weighted by Gasteiger charge is 2.08. The average Bonchev–Trinajstić information content (AvgIpc) is 2.06. The van der Waals surface area contributed by atoms with E-state index in [1.165, 1.54) is 12.8 Å². The second-order valence-corrected chi connectivity index (χ2v) is 3.02. The van der Waals surface area contributed by atoms with Crippen molar-refractivity contribution in [3.8, 4) is 0 Å². The van der Waals surface area contributed by atoms with Gasteiger partial charge in [0.15, 0.2) is 0 Å². The standard InChI is InChI=1S/C9H21BO2/c1-4-6-8-11-10(3)12-9-7-5-2/h4-9H2,1-3H3. The molecule has 0 saturated heterocycles. The van der Waals surface area contributed by atoms with Crippen LogP contribution in [0, 0.1) is 0 Å². The summed E-state index contributed by atoms with van der Waals surface area (Å²) in [5, 5.41) is 0. The molecular weight excluding hydrogens is 151 g/mol. The molecule has 0 radical (unpaired) electrons. The third-order valence-corrected chi connectivity index (χ3v) is 1.70. The van der Waals surface area contributed by atoms with Crippen LogP contribution in [-0.4, -0.2) is 20.3 Å². The highest BCUT2D eigenvalue weighted by atomic mass is 16.6. The fourth-order valence-corrected chi connectivity index (χ4v) is 0.835. The Morgan fingerprint density at radius 2 is 1.33 bits per heavy atom. The molecule has 0 bridgehead atoms. The molecule has 0 saturated carbocycles. The molecule has 0 aliphatic heterocycles. The minimum Gasteiger partial charge on any atom is -0.411 e. The lowest BCUT2D eigenvalue weighted by Gasteiger charge is -2.09. The van der Waals surface area contributed by atoms with Gasteiger partial charge in [-0.25, -0.2) is 0 Å². The van der Waals surface area contributed by atoms with Gasteiger partial charge in [-0.3, -0.25) is 0 Å². The van der Waals surface area contributed by atoms with Crippen molar-refractivity contribution in [2.75, 3.05) is 13.2 Å². The number of rotatable bonds is 8. The van der Waals surface area contributed by atoms with E-state index < -0.39 is 0 Å². The third kappa shape index (κ3) is 8.09. The van der Waals surface area contributed by atoms with Crippen molar-refractivity contribution >= 4 is 7.12 Å². The summed E-state index contributed by atoms with van der Waals surface area (Å²) in [6, 6.07) is 0. The van der Waals surface area contributed by atoms with Gasteiger partial charge in [-0.2, -0.15) is 0 Å². The van der Waals surface area contributed by atoms with E-state index in [9.17, 15) is 0 Å². The Morgan fingerprint density at radius 3 is 1.67 bits per heavy atom. The van der Waals surface area contributed by atoms with E-state index in [1.54, 1.807) is 0 Å². The molecule has 0 rings (SSSR count). The van der Waals surface area contributed by atoms with Crippen molar-refractivity contribution in [2.24, 2.45) is 0 Å². The SMILES string of the molecule is CCCCOB(C)OCCCC. The summed E-state index contributed by atoms with van der Waals surface area (Å²) >= 11 is 0. The Labute approximate surface area is 76.8 Å². The first-order valence-corrected chi connectivity index (χ1v) is 5.04.